The van der Waals surface area contributed by atoms with E-state index in [1.165, 1.54) is 0 Å². The first kappa shape index (κ1) is 14.8. The molecule has 6 heteroatoms. The van der Waals surface area contributed by atoms with Gasteiger partial charge in [-0.05, 0) is 18.2 Å². The number of amides is 1. The number of hydrogen-bond donors (Lipinski definition) is 2. The topological polar surface area (TPSA) is 80.5 Å². The van der Waals surface area contributed by atoms with Crippen LogP contribution in [0.5, 0.6) is 5.75 Å². The molecule has 0 unspecified atom stereocenters. The number of nitrogens with zero attached hydrogens (tertiary/aromatic N) is 2. The maximum absolute atomic E-state index is 12.5. The molecular formula is C15H18N4O2. The summed E-state index contributed by atoms with van der Waals surface area (Å²) < 4.78 is 5.29. The molecule has 0 fully saturated rings. The molecule has 1 amide bonds. The molecule has 2 aromatic rings. The first-order valence-electron chi connectivity index (χ1n) is 6.46. The minimum Gasteiger partial charge on any atom is -0.496 e. The Morgan fingerprint density at radius 1 is 1.33 bits per heavy atom. The van der Waals surface area contributed by atoms with Crippen LogP contribution in [-0.2, 0) is 6.54 Å². The van der Waals surface area contributed by atoms with Crippen molar-refractivity contribution >= 4 is 11.7 Å². The van der Waals surface area contributed by atoms with E-state index < -0.39 is 0 Å². The number of nitrogens with one attached hydrogen (secondary N) is 1. The fraction of sp³-hybridized carbons (Fsp3) is 0.200. The monoisotopic (exact) mass is 286 g/mol. The summed E-state index contributed by atoms with van der Waals surface area (Å²) in [6.45, 7) is 0.432. The van der Waals surface area contributed by atoms with Crippen molar-refractivity contribution in [2.75, 3.05) is 19.6 Å². The fourth-order valence-corrected chi connectivity index (χ4v) is 2.06. The number of benzene rings is 1. The molecule has 1 aromatic heterocycles. The van der Waals surface area contributed by atoms with Crippen molar-refractivity contribution in [1.82, 2.24) is 9.88 Å². The molecule has 6 nitrogen and oxygen atoms in total. The number of methoxy groups -OCH3 is 1. The van der Waals surface area contributed by atoms with E-state index in [-0.39, 0.29) is 5.91 Å². The highest BCUT2D eigenvalue weighted by molar-refractivity contribution is 5.98. The number of aromatic nitrogens is 1. The molecule has 2 rings (SSSR count). The lowest BCUT2D eigenvalue weighted by molar-refractivity contribution is 0.0785. The lowest BCUT2D eigenvalue weighted by Crippen LogP contribution is -2.28. The second-order valence-electron chi connectivity index (χ2n) is 4.52. The van der Waals surface area contributed by atoms with Crippen molar-refractivity contribution < 1.29 is 9.53 Å². The Morgan fingerprint density at radius 2 is 2.10 bits per heavy atom. The number of hydrazine groups is 1. The van der Waals surface area contributed by atoms with Gasteiger partial charge in [0.15, 0.2) is 5.82 Å². The standard InChI is InChI=1S/C15H18N4O2/c1-19(10-11-6-3-4-8-13(11)21-2)15(20)12-7-5-9-17-14(12)18-16/h3-9H,10,16H2,1-2H3,(H,17,18). The van der Waals surface area contributed by atoms with E-state index in [2.05, 4.69) is 10.4 Å². The van der Waals surface area contributed by atoms with E-state index in [9.17, 15) is 4.79 Å². The molecule has 0 aliphatic rings. The lowest BCUT2D eigenvalue weighted by atomic mass is 10.1. The summed E-state index contributed by atoms with van der Waals surface area (Å²) in [5.74, 6) is 6.33. The van der Waals surface area contributed by atoms with Crippen LogP contribution in [0, 0.1) is 0 Å². The Morgan fingerprint density at radius 3 is 2.81 bits per heavy atom. The number of ether oxygens (including phenoxy) is 1. The quantitative estimate of drug-likeness (QED) is 0.645. The third-order valence-electron chi connectivity index (χ3n) is 3.12. The van der Waals surface area contributed by atoms with E-state index >= 15 is 0 Å². The summed E-state index contributed by atoms with van der Waals surface area (Å²) in [7, 11) is 3.33. The fourth-order valence-electron chi connectivity index (χ4n) is 2.06. The van der Waals surface area contributed by atoms with Crippen molar-refractivity contribution in [2.24, 2.45) is 5.84 Å². The number of nitrogens with two attached hydrogens (primary N) is 1. The summed E-state index contributed by atoms with van der Waals surface area (Å²) in [5, 5.41) is 0. The summed E-state index contributed by atoms with van der Waals surface area (Å²) in [6, 6.07) is 11.0. The molecule has 3 N–H and O–H groups in total. The highest BCUT2D eigenvalue weighted by atomic mass is 16.5. The van der Waals surface area contributed by atoms with Gasteiger partial charge in [0.25, 0.3) is 5.91 Å². The molecule has 0 spiro atoms. The number of anilines is 1. The Hall–Kier alpha value is -2.60. The van der Waals surface area contributed by atoms with Crippen LogP contribution >= 0.6 is 0 Å². The zero-order valence-electron chi connectivity index (χ0n) is 12.0. The van der Waals surface area contributed by atoms with E-state index in [1.807, 2.05) is 24.3 Å². The van der Waals surface area contributed by atoms with Gasteiger partial charge in [-0.2, -0.15) is 0 Å². The first-order valence-corrected chi connectivity index (χ1v) is 6.46. The van der Waals surface area contributed by atoms with Gasteiger partial charge in [0.05, 0.1) is 12.7 Å². The van der Waals surface area contributed by atoms with Crippen molar-refractivity contribution in [3.05, 3.63) is 53.7 Å². The van der Waals surface area contributed by atoms with E-state index in [1.54, 1.807) is 37.4 Å². The van der Waals surface area contributed by atoms with Gasteiger partial charge in [0.1, 0.15) is 5.75 Å². The highest BCUT2D eigenvalue weighted by Gasteiger charge is 2.17. The summed E-state index contributed by atoms with van der Waals surface area (Å²) >= 11 is 0. The van der Waals surface area contributed by atoms with Gasteiger partial charge >= 0.3 is 0 Å². The molecule has 21 heavy (non-hydrogen) atoms. The van der Waals surface area contributed by atoms with Crippen LogP contribution < -0.4 is 16.0 Å². The van der Waals surface area contributed by atoms with Gasteiger partial charge in [-0.3, -0.25) is 4.79 Å². The minimum absolute atomic E-state index is 0.165. The smallest absolute Gasteiger partial charge is 0.257 e. The molecule has 0 bridgehead atoms. The van der Waals surface area contributed by atoms with Crippen LogP contribution in [0.4, 0.5) is 5.82 Å². The molecule has 110 valence electrons. The highest BCUT2D eigenvalue weighted by Crippen LogP contribution is 2.20. The average Bonchev–Trinajstić information content (AvgIpc) is 2.54. The predicted molar refractivity (Wildman–Crippen MR) is 80.8 cm³/mol. The second-order valence-corrected chi connectivity index (χ2v) is 4.52. The van der Waals surface area contributed by atoms with Gasteiger partial charge in [-0.1, -0.05) is 18.2 Å². The van der Waals surface area contributed by atoms with Gasteiger partial charge in [0, 0.05) is 25.4 Å². The average molecular weight is 286 g/mol. The van der Waals surface area contributed by atoms with Crippen molar-refractivity contribution in [2.45, 2.75) is 6.54 Å². The van der Waals surface area contributed by atoms with Crippen LogP contribution in [0.1, 0.15) is 15.9 Å². The zero-order valence-corrected chi connectivity index (χ0v) is 12.0. The van der Waals surface area contributed by atoms with E-state index in [0.717, 1.165) is 11.3 Å². The van der Waals surface area contributed by atoms with E-state index in [4.69, 9.17) is 10.6 Å². The number of carbonyl (C=O) groups excluding carboxylic acids is 1. The van der Waals surface area contributed by atoms with Crippen LogP contribution in [0.3, 0.4) is 0 Å². The number of nitrogen functional groups attached to an aromatic ring is 1. The second kappa shape index (κ2) is 6.71. The molecule has 1 aromatic carbocycles. The van der Waals surface area contributed by atoms with Crippen LogP contribution in [-0.4, -0.2) is 29.9 Å². The predicted octanol–water partition coefficient (Wildman–Crippen LogP) is 1.65. The number of carbonyl (C=O) groups is 1. The minimum atomic E-state index is -0.165. The number of rotatable bonds is 5. The number of para-hydroxylation sites is 1. The summed E-state index contributed by atoms with van der Waals surface area (Å²) in [5.41, 5.74) is 3.80. The van der Waals surface area contributed by atoms with Crippen LogP contribution in [0.2, 0.25) is 0 Å². The van der Waals surface area contributed by atoms with Crippen LogP contribution in [0.25, 0.3) is 0 Å². The third kappa shape index (κ3) is 3.29. The van der Waals surface area contributed by atoms with Crippen molar-refractivity contribution in [3.63, 3.8) is 0 Å². The zero-order chi connectivity index (χ0) is 15.2. The maximum atomic E-state index is 12.5. The summed E-state index contributed by atoms with van der Waals surface area (Å²) in [4.78, 5) is 18.1. The largest absolute Gasteiger partial charge is 0.496 e. The van der Waals surface area contributed by atoms with Crippen molar-refractivity contribution in [3.8, 4) is 5.75 Å². The Bertz CT molecular complexity index is 631. The van der Waals surface area contributed by atoms with Gasteiger partial charge < -0.3 is 15.1 Å². The SMILES string of the molecule is COc1ccccc1CN(C)C(=O)c1cccnc1NN. The van der Waals surface area contributed by atoms with E-state index in [0.29, 0.717) is 17.9 Å². The summed E-state index contributed by atoms with van der Waals surface area (Å²) in [6.07, 6.45) is 1.58. The molecule has 0 saturated carbocycles. The van der Waals surface area contributed by atoms with Gasteiger partial charge in [0.2, 0.25) is 0 Å². The molecule has 0 aliphatic heterocycles. The molecule has 1 heterocycles. The maximum Gasteiger partial charge on any atom is 0.257 e. The van der Waals surface area contributed by atoms with Crippen molar-refractivity contribution in [1.29, 1.82) is 0 Å². The van der Waals surface area contributed by atoms with Crippen LogP contribution in [0.15, 0.2) is 42.6 Å². The molecular weight excluding hydrogens is 268 g/mol. The Labute approximate surface area is 123 Å². The Kier molecular flexibility index (Phi) is 4.73. The third-order valence-corrected chi connectivity index (χ3v) is 3.12. The Balaban J connectivity index is 2.20. The molecule has 0 radical (unpaired) electrons. The molecule has 0 aliphatic carbocycles. The molecule has 0 saturated heterocycles. The molecule has 0 atom stereocenters. The lowest BCUT2D eigenvalue weighted by Gasteiger charge is -2.19. The van der Waals surface area contributed by atoms with Gasteiger partial charge in [-0.15, -0.1) is 0 Å². The normalized spacial score (nSPS) is 10.0. The number of hydrogen-bond acceptors (Lipinski definition) is 5. The first-order chi connectivity index (χ1) is 10.2. The number of pyridine rings is 1. The van der Waals surface area contributed by atoms with Gasteiger partial charge in [-0.25, -0.2) is 10.8 Å².